The van der Waals surface area contributed by atoms with E-state index < -0.39 is 23.3 Å². The van der Waals surface area contributed by atoms with Gasteiger partial charge in [-0.25, -0.2) is 14.4 Å². The number of halogens is 5. The summed E-state index contributed by atoms with van der Waals surface area (Å²) in [6.07, 6.45) is 2.42. The van der Waals surface area contributed by atoms with Crippen LogP contribution in [0.15, 0.2) is 41.1 Å². The van der Waals surface area contributed by atoms with Crippen LogP contribution in [0.25, 0.3) is 0 Å². The zero-order valence-electron chi connectivity index (χ0n) is 19.6. The number of anilines is 1. The average Bonchev–Trinajstić information content (AvgIpc) is 2.81. The largest absolute Gasteiger partial charge is 0.451 e. The van der Waals surface area contributed by atoms with Crippen LogP contribution in [-0.2, 0) is 21.3 Å². The number of benzene rings is 1. The van der Waals surface area contributed by atoms with Gasteiger partial charge in [0.15, 0.2) is 0 Å². The molecule has 192 valence electrons. The van der Waals surface area contributed by atoms with Gasteiger partial charge in [-0.3, -0.25) is 4.79 Å². The minimum Gasteiger partial charge on any atom is -0.370 e. The molecule has 4 bridgehead atoms. The molecule has 0 radical (unpaired) electrons. The van der Waals surface area contributed by atoms with E-state index in [2.05, 4.69) is 25.9 Å². The molecule has 6 fully saturated rings. The van der Waals surface area contributed by atoms with E-state index in [1.54, 1.807) is 0 Å². The van der Waals surface area contributed by atoms with Gasteiger partial charge in [0.2, 0.25) is 11.7 Å². The van der Waals surface area contributed by atoms with Gasteiger partial charge in [-0.15, -0.1) is 0 Å². The molecule has 1 amide bonds. The molecule has 1 aromatic heterocycles. The smallest absolute Gasteiger partial charge is 0.370 e. The molecule has 4 saturated carbocycles. The quantitative estimate of drug-likeness (QED) is 0.381. The number of fused-ring (bicyclic) bond motifs is 3. The molecular weight excluding hydrogens is 542 g/mol. The highest BCUT2D eigenvalue weighted by atomic mass is 79.9. The highest BCUT2D eigenvalue weighted by Crippen LogP contribution is 2.71. The fraction of sp³-hybridized carbons (Fsp3) is 0.577. The third-order valence-electron chi connectivity index (χ3n) is 8.72. The Morgan fingerprint density at radius 1 is 1.06 bits per heavy atom. The van der Waals surface area contributed by atoms with Crippen molar-refractivity contribution in [1.82, 2.24) is 9.97 Å². The molecule has 2 aromatic rings. The summed E-state index contributed by atoms with van der Waals surface area (Å²) >= 11 is 3.50. The van der Waals surface area contributed by atoms with Crippen LogP contribution in [-0.4, -0.2) is 34.7 Å². The summed E-state index contributed by atoms with van der Waals surface area (Å²) < 4.78 is 59.9. The van der Waals surface area contributed by atoms with Crippen molar-refractivity contribution in [3.63, 3.8) is 0 Å². The van der Waals surface area contributed by atoms with Crippen molar-refractivity contribution >= 4 is 27.5 Å². The molecule has 0 atom stereocenters. The second-order valence-electron chi connectivity index (χ2n) is 11.4. The summed E-state index contributed by atoms with van der Waals surface area (Å²) in [6.45, 7) is 0.878. The van der Waals surface area contributed by atoms with Crippen LogP contribution in [0.3, 0.4) is 0 Å². The van der Waals surface area contributed by atoms with Gasteiger partial charge in [0, 0.05) is 46.5 Å². The molecule has 5 nitrogen and oxygen atoms in total. The van der Waals surface area contributed by atoms with E-state index in [1.807, 2.05) is 29.2 Å². The molecule has 8 rings (SSSR count). The SMILES string of the molecule is O=C(CC12CC(F)(C1)C2)N(CC12CCC(c3cnc(C(F)(F)F)nc3)(CC1)OC2)c1cccc(Br)c1. The zero-order chi connectivity index (χ0) is 25.4. The second kappa shape index (κ2) is 7.96. The Kier molecular flexibility index (Phi) is 5.37. The minimum absolute atomic E-state index is 0.00257. The third-order valence-corrected chi connectivity index (χ3v) is 9.21. The summed E-state index contributed by atoms with van der Waals surface area (Å²) in [4.78, 5) is 22.5. The van der Waals surface area contributed by atoms with E-state index in [9.17, 15) is 22.4 Å². The molecular formula is C26H26BrF4N3O2. The van der Waals surface area contributed by atoms with Crippen molar-refractivity contribution in [2.45, 2.75) is 68.8 Å². The molecule has 0 spiro atoms. The van der Waals surface area contributed by atoms with Gasteiger partial charge in [0.25, 0.3) is 0 Å². The van der Waals surface area contributed by atoms with Gasteiger partial charge in [-0.2, -0.15) is 13.2 Å². The first-order valence-electron chi connectivity index (χ1n) is 12.2. The van der Waals surface area contributed by atoms with Crippen LogP contribution < -0.4 is 4.90 Å². The lowest BCUT2D eigenvalue weighted by molar-refractivity contribution is -0.215. The number of carbonyl (C=O) groups excluding carboxylic acids is 1. The van der Waals surface area contributed by atoms with Gasteiger partial charge in [0.05, 0.1) is 12.2 Å². The van der Waals surface area contributed by atoms with Gasteiger partial charge in [-0.05, 0) is 68.6 Å². The Morgan fingerprint density at radius 2 is 1.72 bits per heavy atom. The van der Waals surface area contributed by atoms with Gasteiger partial charge >= 0.3 is 6.18 Å². The standard InChI is InChI=1S/C26H26BrF4N3O2/c27-18-2-1-3-19(8-18)34(20(35)9-23-12-24(28,13-23)14-23)15-22-4-6-25(7-5-22,36-16-22)17-10-32-21(33-11-17)26(29,30)31/h1-3,8,10-11H,4-7,9,12-16H2. The second-order valence-corrected chi connectivity index (χ2v) is 12.3. The van der Waals surface area contributed by atoms with Crippen molar-refractivity contribution in [3.05, 3.63) is 52.5 Å². The van der Waals surface area contributed by atoms with Crippen LogP contribution in [0, 0.1) is 10.8 Å². The fourth-order valence-electron chi connectivity index (χ4n) is 6.82. The fourth-order valence-corrected chi connectivity index (χ4v) is 7.20. The maximum atomic E-state index is 14.1. The summed E-state index contributed by atoms with van der Waals surface area (Å²) in [5, 5.41) is 0. The maximum absolute atomic E-state index is 14.1. The van der Waals surface area contributed by atoms with Crippen LogP contribution in [0.2, 0.25) is 0 Å². The maximum Gasteiger partial charge on any atom is 0.451 e. The van der Waals surface area contributed by atoms with Crippen LogP contribution in [0.4, 0.5) is 23.2 Å². The van der Waals surface area contributed by atoms with E-state index in [-0.39, 0.29) is 16.7 Å². The minimum atomic E-state index is -4.59. The first-order valence-corrected chi connectivity index (χ1v) is 13.0. The molecule has 3 heterocycles. The molecule has 2 saturated heterocycles. The van der Waals surface area contributed by atoms with E-state index in [4.69, 9.17) is 4.74 Å². The van der Waals surface area contributed by atoms with Crippen molar-refractivity contribution in [2.75, 3.05) is 18.1 Å². The number of aromatic nitrogens is 2. The van der Waals surface area contributed by atoms with Crippen LogP contribution in [0.5, 0.6) is 0 Å². The average molecular weight is 568 g/mol. The van der Waals surface area contributed by atoms with Gasteiger partial charge < -0.3 is 9.64 Å². The predicted octanol–water partition coefficient (Wildman–Crippen LogP) is 6.36. The molecule has 10 heteroatoms. The Bertz CT molecular complexity index is 1160. The summed E-state index contributed by atoms with van der Waals surface area (Å²) in [7, 11) is 0. The van der Waals surface area contributed by atoms with Gasteiger partial charge in [0.1, 0.15) is 5.67 Å². The molecule has 0 N–H and O–H groups in total. The summed E-state index contributed by atoms with van der Waals surface area (Å²) in [5.74, 6) is -1.16. The van der Waals surface area contributed by atoms with Crippen molar-refractivity contribution in [2.24, 2.45) is 10.8 Å². The highest BCUT2D eigenvalue weighted by Gasteiger charge is 2.69. The lowest BCUT2D eigenvalue weighted by Crippen LogP contribution is -2.65. The van der Waals surface area contributed by atoms with E-state index >= 15 is 0 Å². The number of ether oxygens (including phenoxy) is 1. The number of amides is 1. The van der Waals surface area contributed by atoms with Crippen molar-refractivity contribution in [1.29, 1.82) is 0 Å². The monoisotopic (exact) mass is 567 g/mol. The molecule has 2 aliphatic heterocycles. The number of nitrogens with zero attached hydrogens (tertiary/aromatic N) is 3. The topological polar surface area (TPSA) is 55.3 Å². The van der Waals surface area contributed by atoms with Gasteiger partial charge in [-0.1, -0.05) is 22.0 Å². The van der Waals surface area contributed by atoms with Crippen LogP contribution >= 0.6 is 15.9 Å². The molecule has 36 heavy (non-hydrogen) atoms. The number of alkyl halides is 4. The van der Waals surface area contributed by atoms with E-state index in [1.165, 1.54) is 12.4 Å². The Balaban J connectivity index is 1.19. The van der Waals surface area contributed by atoms with Crippen LogP contribution in [0.1, 0.15) is 62.8 Å². The first-order chi connectivity index (χ1) is 16.9. The normalized spacial score (nSPS) is 34.6. The Labute approximate surface area is 214 Å². The molecule has 4 aliphatic carbocycles. The lowest BCUT2D eigenvalue weighted by Gasteiger charge is -2.66. The van der Waals surface area contributed by atoms with E-state index in [0.717, 1.165) is 23.0 Å². The zero-order valence-corrected chi connectivity index (χ0v) is 21.2. The highest BCUT2D eigenvalue weighted by molar-refractivity contribution is 9.10. The predicted molar refractivity (Wildman–Crippen MR) is 127 cm³/mol. The summed E-state index contributed by atoms with van der Waals surface area (Å²) in [6, 6.07) is 7.63. The van der Waals surface area contributed by atoms with Crippen molar-refractivity contribution in [3.8, 4) is 0 Å². The Morgan fingerprint density at radius 3 is 2.25 bits per heavy atom. The molecule has 1 aromatic carbocycles. The molecule has 0 unspecified atom stereocenters. The Hall–Kier alpha value is -2.07. The number of hydrogen-bond donors (Lipinski definition) is 0. The van der Waals surface area contributed by atoms with Crippen molar-refractivity contribution < 1.29 is 27.1 Å². The summed E-state index contributed by atoms with van der Waals surface area (Å²) in [5.41, 5.74) is -0.839. The third kappa shape index (κ3) is 4.04. The molecule has 6 aliphatic rings. The first kappa shape index (κ1) is 24.3. The number of rotatable bonds is 6. The number of hydrogen-bond acceptors (Lipinski definition) is 4. The number of carbonyl (C=O) groups is 1. The van der Waals surface area contributed by atoms with E-state index in [0.29, 0.717) is 57.2 Å². The lowest BCUT2D eigenvalue weighted by atomic mass is 9.41.